The van der Waals surface area contributed by atoms with Crippen molar-refractivity contribution in [3.63, 3.8) is 0 Å². The van der Waals surface area contributed by atoms with Gasteiger partial charge in [-0.1, -0.05) is 29.3 Å². The van der Waals surface area contributed by atoms with Crippen molar-refractivity contribution in [3.05, 3.63) is 75.1 Å². The summed E-state index contributed by atoms with van der Waals surface area (Å²) in [5.41, 5.74) is 8.30. The summed E-state index contributed by atoms with van der Waals surface area (Å²) in [6.45, 7) is 0.432. The number of hydrogen-bond acceptors (Lipinski definition) is 4. The van der Waals surface area contributed by atoms with E-state index in [1.807, 2.05) is 6.07 Å². The summed E-state index contributed by atoms with van der Waals surface area (Å²) in [4.78, 5) is 12.1. The average molecular weight is 460 g/mol. The largest absolute Gasteiger partial charge is 0.382 e. The molecule has 160 valence electrons. The van der Waals surface area contributed by atoms with Crippen molar-refractivity contribution in [1.29, 1.82) is 5.26 Å². The molecule has 0 aliphatic heterocycles. The third-order valence-corrected chi connectivity index (χ3v) is 5.31. The van der Waals surface area contributed by atoms with Crippen LogP contribution in [0.15, 0.2) is 42.5 Å². The minimum atomic E-state index is -0.371. The molecule has 1 heterocycles. The van der Waals surface area contributed by atoms with Crippen molar-refractivity contribution in [2.24, 2.45) is 0 Å². The Balaban J connectivity index is 1.52. The zero-order valence-electron chi connectivity index (χ0n) is 16.5. The molecule has 0 unspecified atom stereocenters. The lowest BCUT2D eigenvalue weighted by Crippen LogP contribution is -2.25. The van der Waals surface area contributed by atoms with E-state index in [0.717, 1.165) is 5.56 Å². The number of anilines is 1. The molecule has 0 saturated heterocycles. The third-order valence-electron chi connectivity index (χ3n) is 4.73. The molecule has 0 aliphatic carbocycles. The van der Waals surface area contributed by atoms with Crippen molar-refractivity contribution in [2.75, 3.05) is 12.3 Å². The number of carbonyl (C=O) groups is 1. The van der Waals surface area contributed by atoms with Crippen molar-refractivity contribution in [1.82, 2.24) is 15.1 Å². The predicted octanol–water partition coefficient (Wildman–Crippen LogP) is 4.45. The van der Waals surface area contributed by atoms with Gasteiger partial charge in [0, 0.05) is 23.0 Å². The lowest BCUT2D eigenvalue weighted by molar-refractivity contribution is -0.121. The quantitative estimate of drug-likeness (QED) is 0.486. The summed E-state index contributed by atoms with van der Waals surface area (Å²) in [6.07, 6.45) is 1.86. The van der Waals surface area contributed by atoms with Crippen LogP contribution in [0.4, 0.5) is 10.2 Å². The molecule has 31 heavy (non-hydrogen) atoms. The Morgan fingerprint density at radius 2 is 1.94 bits per heavy atom. The number of benzene rings is 2. The van der Waals surface area contributed by atoms with Crippen LogP contribution in [0.5, 0.6) is 0 Å². The highest BCUT2D eigenvalue weighted by atomic mass is 35.5. The number of nitrogens with one attached hydrogen (secondary N) is 1. The van der Waals surface area contributed by atoms with Gasteiger partial charge in [-0.05, 0) is 61.2 Å². The van der Waals surface area contributed by atoms with E-state index in [9.17, 15) is 14.4 Å². The lowest BCUT2D eigenvalue weighted by atomic mass is 10.1. The Hall–Kier alpha value is -3.08. The van der Waals surface area contributed by atoms with Crippen LogP contribution in [0.25, 0.3) is 5.69 Å². The second-order valence-electron chi connectivity index (χ2n) is 6.90. The van der Waals surface area contributed by atoms with Gasteiger partial charge in [0.15, 0.2) is 0 Å². The van der Waals surface area contributed by atoms with Crippen molar-refractivity contribution in [2.45, 2.75) is 25.7 Å². The van der Waals surface area contributed by atoms with Crippen LogP contribution in [0.3, 0.4) is 0 Å². The summed E-state index contributed by atoms with van der Waals surface area (Å²) in [5, 5.41) is 17.8. The molecule has 0 fully saturated rings. The lowest BCUT2D eigenvalue weighted by Gasteiger charge is -2.06. The van der Waals surface area contributed by atoms with E-state index in [1.54, 1.807) is 12.1 Å². The molecular formula is C22H20Cl2FN5O. The number of halogens is 3. The van der Waals surface area contributed by atoms with Gasteiger partial charge in [-0.25, -0.2) is 9.07 Å². The molecule has 3 N–H and O–H groups in total. The number of aromatic nitrogens is 2. The molecule has 3 rings (SSSR count). The number of carbonyl (C=O) groups excluding carboxylic acids is 1. The first-order valence-corrected chi connectivity index (χ1v) is 10.4. The highest BCUT2D eigenvalue weighted by Crippen LogP contribution is 2.23. The van der Waals surface area contributed by atoms with Crippen LogP contribution >= 0.6 is 23.2 Å². The van der Waals surface area contributed by atoms with Gasteiger partial charge in [0.25, 0.3) is 0 Å². The summed E-state index contributed by atoms with van der Waals surface area (Å²) < 4.78 is 14.6. The minimum Gasteiger partial charge on any atom is -0.382 e. The number of rotatable bonds is 8. The minimum absolute atomic E-state index is 0.0946. The number of nitrogens with two attached hydrogens (primary N) is 1. The monoisotopic (exact) mass is 459 g/mol. The molecule has 0 saturated carbocycles. The Kier molecular flexibility index (Phi) is 7.50. The standard InChI is InChI=1S/C22H20Cl2FN5O/c23-15-5-3-14(19(24)12-15)4-10-21(31)28-11-1-2-20-18(13-26)22(27)30(29-20)17-8-6-16(25)7-9-17/h3,5-9,12H,1-2,4,10-11,27H2,(H,28,31). The van der Waals surface area contributed by atoms with Gasteiger partial charge in [-0.3, -0.25) is 4.79 Å². The Bertz CT molecular complexity index is 1120. The summed E-state index contributed by atoms with van der Waals surface area (Å²) >= 11 is 12.0. The molecule has 1 aromatic heterocycles. The fourth-order valence-electron chi connectivity index (χ4n) is 3.10. The van der Waals surface area contributed by atoms with E-state index in [4.69, 9.17) is 28.9 Å². The van der Waals surface area contributed by atoms with Gasteiger partial charge in [0.1, 0.15) is 23.3 Å². The van der Waals surface area contributed by atoms with Crippen molar-refractivity contribution in [3.8, 4) is 11.8 Å². The van der Waals surface area contributed by atoms with E-state index in [-0.39, 0.29) is 23.1 Å². The highest BCUT2D eigenvalue weighted by Gasteiger charge is 2.16. The van der Waals surface area contributed by atoms with Gasteiger partial charge in [0.05, 0.1) is 11.4 Å². The number of nitrogen functional groups attached to an aromatic ring is 1. The zero-order valence-corrected chi connectivity index (χ0v) is 18.0. The van der Waals surface area contributed by atoms with Crippen LogP contribution in [0.2, 0.25) is 10.0 Å². The van der Waals surface area contributed by atoms with Gasteiger partial charge < -0.3 is 11.1 Å². The predicted molar refractivity (Wildman–Crippen MR) is 119 cm³/mol. The molecule has 9 heteroatoms. The smallest absolute Gasteiger partial charge is 0.220 e. The van der Waals surface area contributed by atoms with Crippen LogP contribution in [0.1, 0.15) is 29.7 Å². The Morgan fingerprint density at radius 3 is 2.61 bits per heavy atom. The van der Waals surface area contributed by atoms with Gasteiger partial charge in [-0.2, -0.15) is 10.4 Å². The highest BCUT2D eigenvalue weighted by molar-refractivity contribution is 6.35. The topological polar surface area (TPSA) is 96.7 Å². The number of aryl methyl sites for hydroxylation is 2. The van der Waals surface area contributed by atoms with Gasteiger partial charge in [-0.15, -0.1) is 0 Å². The van der Waals surface area contributed by atoms with Crippen molar-refractivity contribution < 1.29 is 9.18 Å². The number of nitrogens with zero attached hydrogens (tertiary/aromatic N) is 3. The van der Waals surface area contributed by atoms with Crippen LogP contribution in [-0.2, 0) is 17.6 Å². The summed E-state index contributed by atoms with van der Waals surface area (Å²) in [5.74, 6) is -0.264. The molecule has 0 aliphatic rings. The molecular weight excluding hydrogens is 440 g/mol. The molecule has 2 aromatic carbocycles. The molecule has 6 nitrogen and oxygen atoms in total. The SMILES string of the molecule is N#Cc1c(CCCNC(=O)CCc2ccc(Cl)cc2Cl)nn(-c2ccc(F)cc2)c1N. The number of nitriles is 1. The molecule has 3 aromatic rings. The third kappa shape index (κ3) is 5.75. The molecule has 0 bridgehead atoms. The average Bonchev–Trinajstić information content (AvgIpc) is 3.06. The Morgan fingerprint density at radius 1 is 1.19 bits per heavy atom. The van der Waals surface area contributed by atoms with Crippen LogP contribution in [-0.4, -0.2) is 22.2 Å². The summed E-state index contributed by atoms with van der Waals surface area (Å²) in [7, 11) is 0. The van der Waals surface area contributed by atoms with Crippen LogP contribution < -0.4 is 11.1 Å². The first-order valence-electron chi connectivity index (χ1n) is 9.63. The van der Waals surface area contributed by atoms with E-state index in [1.165, 1.54) is 28.9 Å². The molecule has 0 radical (unpaired) electrons. The van der Waals surface area contributed by atoms with Crippen molar-refractivity contribution >= 4 is 34.9 Å². The van der Waals surface area contributed by atoms with Crippen LogP contribution in [0, 0.1) is 17.1 Å². The first-order chi connectivity index (χ1) is 14.9. The molecule has 1 amide bonds. The zero-order chi connectivity index (χ0) is 22.4. The Labute approximate surface area is 189 Å². The van der Waals surface area contributed by atoms with Gasteiger partial charge in [0.2, 0.25) is 5.91 Å². The molecule has 0 atom stereocenters. The maximum Gasteiger partial charge on any atom is 0.220 e. The fourth-order valence-corrected chi connectivity index (χ4v) is 3.60. The second-order valence-corrected chi connectivity index (χ2v) is 7.74. The number of amides is 1. The maximum atomic E-state index is 13.2. The fraction of sp³-hybridized carbons (Fsp3) is 0.227. The normalized spacial score (nSPS) is 10.6. The van der Waals surface area contributed by atoms with E-state index in [0.29, 0.717) is 53.7 Å². The maximum absolute atomic E-state index is 13.2. The summed E-state index contributed by atoms with van der Waals surface area (Å²) in [6, 6.07) is 13.0. The first kappa shape index (κ1) is 22.6. The second kappa shape index (κ2) is 10.3. The van der Waals surface area contributed by atoms with E-state index < -0.39 is 0 Å². The number of hydrogen-bond donors (Lipinski definition) is 2. The van der Waals surface area contributed by atoms with E-state index >= 15 is 0 Å². The van der Waals surface area contributed by atoms with E-state index in [2.05, 4.69) is 16.5 Å². The molecule has 0 spiro atoms. The van der Waals surface area contributed by atoms with Gasteiger partial charge >= 0.3 is 0 Å².